The molecule has 0 bridgehead atoms. The normalized spacial score (nSPS) is 11.4. The zero-order valence-electron chi connectivity index (χ0n) is 22.0. The van der Waals surface area contributed by atoms with Gasteiger partial charge in [-0.15, -0.1) is 0 Å². The van der Waals surface area contributed by atoms with Crippen LogP contribution in [0.25, 0.3) is 22.4 Å². The average molecular weight is 524 g/mol. The van der Waals surface area contributed by atoms with E-state index in [-0.39, 0.29) is 5.91 Å². The molecule has 0 saturated carbocycles. The van der Waals surface area contributed by atoms with Gasteiger partial charge in [0.1, 0.15) is 11.1 Å². The fourth-order valence-electron chi connectivity index (χ4n) is 3.99. The van der Waals surface area contributed by atoms with Crippen LogP contribution < -0.4 is 14.8 Å². The monoisotopic (exact) mass is 523 g/mol. The third kappa shape index (κ3) is 5.82. The third-order valence-electron chi connectivity index (χ3n) is 6.29. The Balaban J connectivity index is 1.75. The predicted molar refractivity (Wildman–Crippen MR) is 153 cm³/mol. The lowest BCUT2D eigenvalue weighted by Gasteiger charge is -2.17. The fourth-order valence-corrected chi connectivity index (χ4v) is 4.91. The number of rotatable bonds is 8. The van der Waals surface area contributed by atoms with E-state index in [1.165, 1.54) is 11.8 Å². The summed E-state index contributed by atoms with van der Waals surface area (Å²) >= 11 is 1.26. The molecule has 0 fully saturated rings. The second-order valence-electron chi connectivity index (χ2n) is 8.83. The maximum atomic E-state index is 13.1. The van der Waals surface area contributed by atoms with Gasteiger partial charge in [-0.05, 0) is 67.8 Å². The van der Waals surface area contributed by atoms with E-state index in [2.05, 4.69) is 11.4 Å². The molecule has 4 rings (SSSR count). The first-order chi connectivity index (χ1) is 18.3. The topological polar surface area (TPSA) is 84.2 Å². The lowest BCUT2D eigenvalue weighted by Crippen LogP contribution is -2.22. The summed E-state index contributed by atoms with van der Waals surface area (Å²) in [5.74, 6) is 0.988. The number of hydrogen-bond donors (Lipinski definition) is 1. The molecule has 1 amide bonds. The first kappa shape index (κ1) is 26.8. The molecule has 38 heavy (non-hydrogen) atoms. The standard InChI is InChI=1S/C31H29N3O3S/c1-19-11-13-24(15-20(19)2)33-30(35)21(3)38-31-26(18-32)25(17-27(34-31)22-9-7-6-8-10-22)23-12-14-28(36-4)29(16-23)37-5/h6-17,21H,1-5H3,(H,33,35)/t21-/m0/s1. The largest absolute Gasteiger partial charge is 0.493 e. The summed E-state index contributed by atoms with van der Waals surface area (Å²) in [7, 11) is 3.16. The van der Waals surface area contributed by atoms with Crippen LogP contribution in [0.2, 0.25) is 0 Å². The maximum Gasteiger partial charge on any atom is 0.237 e. The second-order valence-corrected chi connectivity index (χ2v) is 10.2. The molecule has 4 aromatic rings. The Morgan fingerprint density at radius 1 is 0.921 bits per heavy atom. The molecule has 1 N–H and O–H groups in total. The van der Waals surface area contributed by atoms with E-state index in [4.69, 9.17) is 14.5 Å². The average Bonchev–Trinajstić information content (AvgIpc) is 2.94. The van der Waals surface area contributed by atoms with Gasteiger partial charge < -0.3 is 14.8 Å². The molecule has 192 valence electrons. The summed E-state index contributed by atoms with van der Waals surface area (Å²) in [6, 6.07) is 25.4. The number of aromatic nitrogens is 1. The fraction of sp³-hybridized carbons (Fsp3) is 0.194. The van der Waals surface area contributed by atoms with Gasteiger partial charge in [-0.25, -0.2) is 4.98 Å². The number of carbonyl (C=O) groups excluding carboxylic acids is 1. The number of nitrogens with zero attached hydrogens (tertiary/aromatic N) is 2. The minimum absolute atomic E-state index is 0.165. The zero-order chi connectivity index (χ0) is 27.2. The first-order valence-corrected chi connectivity index (χ1v) is 13.0. The Bertz CT molecular complexity index is 1510. The number of nitrogens with one attached hydrogen (secondary N) is 1. The van der Waals surface area contributed by atoms with Crippen LogP contribution in [0.5, 0.6) is 11.5 Å². The van der Waals surface area contributed by atoms with Crippen molar-refractivity contribution >= 4 is 23.4 Å². The van der Waals surface area contributed by atoms with E-state index in [1.54, 1.807) is 14.2 Å². The van der Waals surface area contributed by atoms with Crippen molar-refractivity contribution in [2.24, 2.45) is 0 Å². The van der Waals surface area contributed by atoms with E-state index >= 15 is 0 Å². The molecule has 3 aromatic carbocycles. The van der Waals surface area contributed by atoms with Crippen molar-refractivity contribution in [2.75, 3.05) is 19.5 Å². The van der Waals surface area contributed by atoms with Gasteiger partial charge in [-0.2, -0.15) is 5.26 Å². The Hall–Kier alpha value is -4.28. The Morgan fingerprint density at radius 3 is 2.32 bits per heavy atom. The number of benzene rings is 3. The van der Waals surface area contributed by atoms with Crippen LogP contribution in [0.4, 0.5) is 5.69 Å². The molecule has 1 atom stereocenters. The van der Waals surface area contributed by atoms with Crippen LogP contribution in [-0.4, -0.2) is 30.4 Å². The summed E-state index contributed by atoms with van der Waals surface area (Å²) in [6.07, 6.45) is 0. The van der Waals surface area contributed by atoms with Crippen molar-refractivity contribution < 1.29 is 14.3 Å². The smallest absolute Gasteiger partial charge is 0.237 e. The van der Waals surface area contributed by atoms with E-state index < -0.39 is 5.25 Å². The van der Waals surface area contributed by atoms with Gasteiger partial charge >= 0.3 is 0 Å². The van der Waals surface area contributed by atoms with Crippen LogP contribution in [0, 0.1) is 25.2 Å². The predicted octanol–water partition coefficient (Wildman–Crippen LogP) is 7.04. The summed E-state index contributed by atoms with van der Waals surface area (Å²) < 4.78 is 10.9. The summed E-state index contributed by atoms with van der Waals surface area (Å²) in [6.45, 7) is 5.86. The van der Waals surface area contributed by atoms with E-state index in [1.807, 2.05) is 93.6 Å². The Kier molecular flexibility index (Phi) is 8.35. The van der Waals surface area contributed by atoms with Crippen molar-refractivity contribution in [1.29, 1.82) is 5.26 Å². The summed E-state index contributed by atoms with van der Waals surface area (Å²) in [4.78, 5) is 17.9. The van der Waals surface area contributed by atoms with Crippen molar-refractivity contribution in [2.45, 2.75) is 31.0 Å². The van der Waals surface area contributed by atoms with Crippen molar-refractivity contribution in [3.05, 3.63) is 89.5 Å². The molecule has 0 spiro atoms. The van der Waals surface area contributed by atoms with Crippen LogP contribution in [0.3, 0.4) is 0 Å². The molecule has 0 unspecified atom stereocenters. The van der Waals surface area contributed by atoms with Crippen LogP contribution in [0.1, 0.15) is 23.6 Å². The number of ether oxygens (including phenoxy) is 2. The van der Waals surface area contributed by atoms with Crippen LogP contribution >= 0.6 is 11.8 Å². The number of carbonyl (C=O) groups is 1. The molecule has 0 aliphatic rings. The van der Waals surface area contributed by atoms with Crippen molar-refractivity contribution in [3.8, 4) is 40.0 Å². The molecule has 7 heteroatoms. The zero-order valence-corrected chi connectivity index (χ0v) is 22.8. The van der Waals surface area contributed by atoms with E-state index in [0.29, 0.717) is 33.3 Å². The number of aryl methyl sites for hydroxylation is 2. The SMILES string of the molecule is COc1ccc(-c2cc(-c3ccccc3)nc(S[C@@H](C)C(=O)Nc3ccc(C)c(C)c3)c2C#N)cc1OC. The van der Waals surface area contributed by atoms with Crippen LogP contribution in [-0.2, 0) is 4.79 Å². The van der Waals surface area contributed by atoms with Gasteiger partial charge in [-0.1, -0.05) is 54.2 Å². The lowest BCUT2D eigenvalue weighted by molar-refractivity contribution is -0.115. The van der Waals surface area contributed by atoms with Crippen LogP contribution in [0.15, 0.2) is 77.8 Å². The highest BCUT2D eigenvalue weighted by molar-refractivity contribution is 8.00. The molecule has 1 aromatic heterocycles. The number of nitriles is 1. The highest BCUT2D eigenvalue weighted by atomic mass is 32.2. The molecule has 6 nitrogen and oxygen atoms in total. The highest BCUT2D eigenvalue weighted by Crippen LogP contribution is 2.39. The summed E-state index contributed by atoms with van der Waals surface area (Å²) in [5, 5.41) is 13.2. The second kappa shape index (κ2) is 11.8. The number of hydrogen-bond acceptors (Lipinski definition) is 6. The van der Waals surface area contributed by atoms with Gasteiger partial charge in [0.25, 0.3) is 0 Å². The van der Waals surface area contributed by atoms with Gasteiger partial charge in [0, 0.05) is 16.8 Å². The molecule has 0 aliphatic heterocycles. The van der Waals surface area contributed by atoms with Gasteiger partial charge in [0.05, 0.1) is 30.7 Å². The van der Waals surface area contributed by atoms with Gasteiger partial charge in [0.2, 0.25) is 5.91 Å². The molecule has 0 saturated heterocycles. The number of thioether (sulfide) groups is 1. The molecule has 1 heterocycles. The molecular formula is C31H29N3O3S. The number of amides is 1. The third-order valence-corrected chi connectivity index (χ3v) is 7.38. The highest BCUT2D eigenvalue weighted by Gasteiger charge is 2.22. The Labute approximate surface area is 227 Å². The number of methoxy groups -OCH3 is 2. The molecule has 0 radical (unpaired) electrons. The van der Waals surface area contributed by atoms with E-state index in [0.717, 1.165) is 27.9 Å². The quantitative estimate of drug-likeness (QED) is 0.249. The number of anilines is 1. The maximum absolute atomic E-state index is 13.1. The van der Waals surface area contributed by atoms with Gasteiger partial charge in [0.15, 0.2) is 11.5 Å². The number of pyridine rings is 1. The summed E-state index contributed by atoms with van der Waals surface area (Å²) in [5.41, 5.74) is 6.50. The van der Waals surface area contributed by atoms with Crippen molar-refractivity contribution in [1.82, 2.24) is 4.98 Å². The minimum atomic E-state index is -0.500. The first-order valence-electron chi connectivity index (χ1n) is 12.1. The van der Waals surface area contributed by atoms with E-state index in [9.17, 15) is 10.1 Å². The minimum Gasteiger partial charge on any atom is -0.493 e. The Morgan fingerprint density at radius 2 is 1.66 bits per heavy atom. The van der Waals surface area contributed by atoms with Crippen molar-refractivity contribution in [3.63, 3.8) is 0 Å². The lowest BCUT2D eigenvalue weighted by atomic mass is 9.99. The molecule has 0 aliphatic carbocycles. The van der Waals surface area contributed by atoms with Gasteiger partial charge in [-0.3, -0.25) is 4.79 Å². The molecular weight excluding hydrogens is 494 g/mol.